The molecule has 2 aromatic rings. The number of nitrogens with one attached hydrogen (secondary N) is 1. The Morgan fingerprint density at radius 3 is 2.81 bits per heavy atom. The van der Waals surface area contributed by atoms with Crippen LogP contribution >= 0.6 is 0 Å². The van der Waals surface area contributed by atoms with E-state index in [-0.39, 0.29) is 18.4 Å². The molecule has 1 aliphatic heterocycles. The Morgan fingerprint density at radius 2 is 2.19 bits per heavy atom. The lowest BCUT2D eigenvalue weighted by Crippen LogP contribution is -2.55. The molecule has 0 saturated carbocycles. The Balaban J connectivity index is 1.61. The second-order valence-corrected chi connectivity index (χ2v) is 6.36. The number of hydrogen-bond donors (Lipinski definition) is 2. The highest BCUT2D eigenvalue weighted by Gasteiger charge is 2.32. The number of β-amino-alcohol motifs (C(OH)–C–C–N with tert-alkyl or cyclic N) is 1. The molecule has 2 N–H and O–H groups in total. The van der Waals surface area contributed by atoms with Gasteiger partial charge in [0.15, 0.2) is 0 Å². The molecule has 1 saturated heterocycles. The molecule has 2 aromatic heterocycles. The molecule has 0 bridgehead atoms. The summed E-state index contributed by atoms with van der Waals surface area (Å²) in [5.41, 5.74) is 1.65. The second-order valence-electron chi connectivity index (χ2n) is 6.36. The minimum Gasteiger partial charge on any atom is -0.389 e. The first-order valence-corrected chi connectivity index (χ1v) is 8.73. The lowest BCUT2D eigenvalue weighted by atomic mass is 10.0. The quantitative estimate of drug-likeness (QED) is 0.835. The third kappa shape index (κ3) is 3.60. The van der Waals surface area contributed by atoms with Crippen molar-refractivity contribution in [3.8, 4) is 0 Å². The van der Waals surface area contributed by atoms with E-state index < -0.39 is 12.1 Å². The number of piperidine rings is 1. The predicted octanol–water partition coefficient (Wildman–Crippen LogP) is 0.612. The molecule has 3 heterocycles. The Kier molecular flexibility index (Phi) is 5.32. The molecule has 0 aromatic carbocycles. The molecule has 2 atom stereocenters. The van der Waals surface area contributed by atoms with Gasteiger partial charge in [0.25, 0.3) is 11.8 Å². The van der Waals surface area contributed by atoms with Gasteiger partial charge in [0, 0.05) is 31.5 Å². The number of aliphatic hydroxyl groups is 1. The minimum absolute atomic E-state index is 0.160. The summed E-state index contributed by atoms with van der Waals surface area (Å²) in [7, 11) is 0. The molecule has 3 rings (SSSR count). The molecular weight excluding hydrogens is 334 g/mol. The van der Waals surface area contributed by atoms with Crippen molar-refractivity contribution in [3.05, 3.63) is 47.5 Å². The number of nitrogens with zero attached hydrogens (tertiary/aromatic N) is 4. The van der Waals surface area contributed by atoms with Crippen LogP contribution in [-0.4, -0.2) is 61.8 Å². The van der Waals surface area contributed by atoms with E-state index in [0.29, 0.717) is 30.8 Å². The van der Waals surface area contributed by atoms with Crippen LogP contribution in [0.1, 0.15) is 39.9 Å². The molecule has 26 heavy (non-hydrogen) atoms. The van der Waals surface area contributed by atoms with Crippen molar-refractivity contribution in [1.82, 2.24) is 25.0 Å². The molecule has 1 fully saturated rings. The summed E-state index contributed by atoms with van der Waals surface area (Å²) in [6.07, 6.45) is 2.75. The summed E-state index contributed by atoms with van der Waals surface area (Å²) < 4.78 is 1.75. The first-order valence-electron chi connectivity index (χ1n) is 8.73. The Hall–Kier alpha value is -2.74. The first-order chi connectivity index (χ1) is 12.5. The highest BCUT2D eigenvalue weighted by Crippen LogP contribution is 2.15. The largest absolute Gasteiger partial charge is 0.389 e. The van der Waals surface area contributed by atoms with Gasteiger partial charge in [-0.1, -0.05) is 6.07 Å². The van der Waals surface area contributed by atoms with Crippen LogP contribution < -0.4 is 5.32 Å². The van der Waals surface area contributed by atoms with Crippen molar-refractivity contribution in [1.29, 1.82) is 0 Å². The minimum atomic E-state index is -0.832. The summed E-state index contributed by atoms with van der Waals surface area (Å²) in [4.78, 5) is 30.5. The number of aromatic nitrogens is 3. The van der Waals surface area contributed by atoms with Crippen molar-refractivity contribution in [2.75, 3.05) is 13.1 Å². The van der Waals surface area contributed by atoms with Gasteiger partial charge >= 0.3 is 0 Å². The second kappa shape index (κ2) is 7.65. The van der Waals surface area contributed by atoms with Gasteiger partial charge in [0.05, 0.1) is 23.9 Å². The van der Waals surface area contributed by atoms with E-state index in [0.717, 1.165) is 5.69 Å². The molecular formula is C18H23N5O3. The smallest absolute Gasteiger partial charge is 0.272 e. The summed E-state index contributed by atoms with van der Waals surface area (Å²) in [5, 5.41) is 17.4. The molecule has 2 amide bonds. The molecule has 138 valence electrons. The average Bonchev–Trinajstić information content (AvgIpc) is 3.04. The van der Waals surface area contributed by atoms with E-state index in [1.807, 2.05) is 13.8 Å². The molecule has 0 spiro atoms. The van der Waals surface area contributed by atoms with Crippen LogP contribution in [0.5, 0.6) is 0 Å². The Morgan fingerprint density at radius 1 is 1.38 bits per heavy atom. The zero-order valence-corrected chi connectivity index (χ0v) is 14.9. The number of hydrogen-bond acceptors (Lipinski definition) is 5. The number of aliphatic hydroxyl groups excluding tert-OH is 1. The fraction of sp³-hybridized carbons (Fsp3) is 0.444. The van der Waals surface area contributed by atoms with Gasteiger partial charge in [-0.15, -0.1) is 0 Å². The van der Waals surface area contributed by atoms with Crippen molar-refractivity contribution in [2.45, 2.75) is 39.0 Å². The van der Waals surface area contributed by atoms with Crippen molar-refractivity contribution in [2.24, 2.45) is 0 Å². The van der Waals surface area contributed by atoms with Gasteiger partial charge in [-0.3, -0.25) is 19.3 Å². The molecule has 1 aliphatic rings. The van der Waals surface area contributed by atoms with E-state index in [1.165, 1.54) is 0 Å². The lowest BCUT2D eigenvalue weighted by molar-refractivity contribution is 0.0311. The number of carbonyl (C=O) groups is 2. The van der Waals surface area contributed by atoms with Crippen LogP contribution in [0.2, 0.25) is 0 Å². The van der Waals surface area contributed by atoms with Crippen LogP contribution in [0.3, 0.4) is 0 Å². The maximum Gasteiger partial charge on any atom is 0.272 e. The van der Waals surface area contributed by atoms with E-state index >= 15 is 0 Å². The number of aryl methyl sites for hydroxylation is 1. The van der Waals surface area contributed by atoms with E-state index in [2.05, 4.69) is 15.4 Å². The van der Waals surface area contributed by atoms with Gasteiger partial charge in [0.1, 0.15) is 5.69 Å². The van der Waals surface area contributed by atoms with Gasteiger partial charge in [0.2, 0.25) is 0 Å². The maximum absolute atomic E-state index is 12.5. The standard InChI is InChI=1S/C18H23N5O3/c1-3-23-12(2)13(10-20-23)17(25)21-14-7-9-22(11-16(14)24)18(26)15-6-4-5-8-19-15/h4-6,8,10,14,16,24H,3,7,9,11H2,1-2H3,(H,21,25)/t14-,16-/m1/s1. The first kappa shape index (κ1) is 18.1. The van der Waals surface area contributed by atoms with Crippen molar-refractivity contribution >= 4 is 11.8 Å². The van der Waals surface area contributed by atoms with Crippen LogP contribution in [-0.2, 0) is 6.54 Å². The Bertz CT molecular complexity index is 789. The molecule has 8 heteroatoms. The van der Waals surface area contributed by atoms with Crippen molar-refractivity contribution < 1.29 is 14.7 Å². The maximum atomic E-state index is 12.5. The number of carbonyl (C=O) groups excluding carboxylic acids is 2. The fourth-order valence-corrected chi connectivity index (χ4v) is 3.17. The van der Waals surface area contributed by atoms with Crippen LogP contribution in [0.15, 0.2) is 30.6 Å². The van der Waals surface area contributed by atoms with Gasteiger partial charge < -0.3 is 15.3 Å². The SMILES string of the molecule is CCn1ncc(C(=O)N[C@@H]2CCN(C(=O)c3ccccn3)C[C@H]2O)c1C. The summed E-state index contributed by atoms with van der Waals surface area (Å²) >= 11 is 0. The molecule has 0 radical (unpaired) electrons. The monoisotopic (exact) mass is 357 g/mol. The van der Waals surface area contributed by atoms with E-state index in [9.17, 15) is 14.7 Å². The molecule has 8 nitrogen and oxygen atoms in total. The Labute approximate surface area is 151 Å². The van der Waals surface area contributed by atoms with Crippen molar-refractivity contribution in [3.63, 3.8) is 0 Å². The number of amides is 2. The van der Waals surface area contributed by atoms with Crippen LogP contribution in [0.25, 0.3) is 0 Å². The fourth-order valence-electron chi connectivity index (χ4n) is 3.17. The van der Waals surface area contributed by atoms with Gasteiger partial charge in [-0.2, -0.15) is 5.10 Å². The number of likely N-dealkylation sites (tertiary alicyclic amines) is 1. The average molecular weight is 357 g/mol. The predicted molar refractivity (Wildman–Crippen MR) is 94.7 cm³/mol. The number of rotatable bonds is 4. The zero-order valence-electron chi connectivity index (χ0n) is 14.9. The normalized spacial score (nSPS) is 20.0. The summed E-state index contributed by atoms with van der Waals surface area (Å²) in [6, 6.07) is 4.74. The highest BCUT2D eigenvalue weighted by atomic mass is 16.3. The van der Waals surface area contributed by atoms with E-state index in [4.69, 9.17) is 0 Å². The third-order valence-corrected chi connectivity index (χ3v) is 4.72. The third-order valence-electron chi connectivity index (χ3n) is 4.72. The number of pyridine rings is 1. The molecule has 0 unspecified atom stereocenters. The zero-order chi connectivity index (χ0) is 18.7. The lowest BCUT2D eigenvalue weighted by Gasteiger charge is -2.36. The summed E-state index contributed by atoms with van der Waals surface area (Å²) in [6.45, 7) is 5.10. The summed E-state index contributed by atoms with van der Waals surface area (Å²) in [5.74, 6) is -0.467. The topological polar surface area (TPSA) is 100 Å². The van der Waals surface area contributed by atoms with Gasteiger partial charge in [-0.25, -0.2) is 0 Å². The highest BCUT2D eigenvalue weighted by molar-refractivity contribution is 5.95. The molecule has 0 aliphatic carbocycles. The van der Waals surface area contributed by atoms with Gasteiger partial charge in [-0.05, 0) is 32.4 Å². The van der Waals surface area contributed by atoms with Crippen LogP contribution in [0, 0.1) is 6.92 Å². The van der Waals surface area contributed by atoms with Crippen LogP contribution in [0.4, 0.5) is 0 Å². The van der Waals surface area contributed by atoms with E-state index in [1.54, 1.807) is 40.2 Å².